The smallest absolute Gasteiger partial charge is 0.269 e. The van der Waals surface area contributed by atoms with Gasteiger partial charge in [-0.2, -0.15) is 0 Å². The Balaban J connectivity index is 1.49. The van der Waals surface area contributed by atoms with Gasteiger partial charge in [0.25, 0.3) is 11.8 Å². The van der Waals surface area contributed by atoms with E-state index in [0.717, 1.165) is 30.4 Å². The van der Waals surface area contributed by atoms with Crippen molar-refractivity contribution in [2.45, 2.75) is 58.8 Å². The quantitative estimate of drug-likeness (QED) is 0.327. The van der Waals surface area contributed by atoms with Crippen LogP contribution in [0.2, 0.25) is 0 Å². The van der Waals surface area contributed by atoms with Crippen LogP contribution in [0.15, 0.2) is 48.5 Å². The minimum Gasteiger partial charge on any atom is -0.273 e. The Morgan fingerprint density at radius 1 is 0.545 bits per heavy atom. The summed E-state index contributed by atoms with van der Waals surface area (Å²) in [5.41, 5.74) is 12.5. The fourth-order valence-corrected chi connectivity index (χ4v) is 3.27. The van der Waals surface area contributed by atoms with Gasteiger partial charge >= 0.3 is 0 Å². The van der Waals surface area contributed by atoms with Gasteiger partial charge in [0.1, 0.15) is 0 Å². The van der Waals surface area contributed by atoms with Gasteiger partial charge in [-0.3, -0.25) is 40.9 Å². The third kappa shape index (κ3) is 9.14. The minimum absolute atomic E-state index is 0.235. The first kappa shape index (κ1) is 25.6. The predicted molar refractivity (Wildman–Crippen MR) is 126 cm³/mol. The molecule has 0 aliphatic heterocycles. The molecular formula is C25H32N4O4. The highest BCUT2D eigenvalue weighted by molar-refractivity contribution is 5.97. The molecule has 2 aromatic rings. The maximum absolute atomic E-state index is 12.1. The van der Waals surface area contributed by atoms with Gasteiger partial charge in [-0.15, -0.1) is 0 Å². The van der Waals surface area contributed by atoms with Crippen LogP contribution in [0, 0.1) is 13.8 Å². The second-order valence-electron chi connectivity index (χ2n) is 7.90. The Labute approximate surface area is 194 Å². The summed E-state index contributed by atoms with van der Waals surface area (Å²) >= 11 is 0. The van der Waals surface area contributed by atoms with Crippen molar-refractivity contribution in [3.05, 3.63) is 70.8 Å². The molecule has 0 unspecified atom stereocenters. The molecule has 2 aromatic carbocycles. The third-order valence-electron chi connectivity index (χ3n) is 5.22. The normalized spacial score (nSPS) is 10.2. The molecular weight excluding hydrogens is 420 g/mol. The lowest BCUT2D eigenvalue weighted by Gasteiger charge is -2.09. The van der Waals surface area contributed by atoms with Gasteiger partial charge < -0.3 is 0 Å². The molecule has 0 fully saturated rings. The highest BCUT2D eigenvalue weighted by atomic mass is 16.2. The molecule has 0 radical (unpaired) electrons. The number of hydrogen-bond acceptors (Lipinski definition) is 4. The van der Waals surface area contributed by atoms with Crippen LogP contribution in [-0.2, 0) is 9.59 Å². The van der Waals surface area contributed by atoms with Crippen molar-refractivity contribution >= 4 is 23.6 Å². The second kappa shape index (κ2) is 13.7. The molecule has 0 bridgehead atoms. The molecule has 8 nitrogen and oxygen atoms in total. The van der Waals surface area contributed by atoms with Crippen LogP contribution in [0.25, 0.3) is 0 Å². The summed E-state index contributed by atoms with van der Waals surface area (Å²) in [4.78, 5) is 47.9. The predicted octanol–water partition coefficient (Wildman–Crippen LogP) is 3.26. The van der Waals surface area contributed by atoms with Gasteiger partial charge in [0.15, 0.2) is 0 Å². The molecule has 0 heterocycles. The van der Waals surface area contributed by atoms with Crippen molar-refractivity contribution in [2.24, 2.45) is 0 Å². The van der Waals surface area contributed by atoms with E-state index in [0.29, 0.717) is 36.8 Å². The molecule has 0 aliphatic rings. The van der Waals surface area contributed by atoms with Crippen LogP contribution in [0.5, 0.6) is 0 Å². The summed E-state index contributed by atoms with van der Waals surface area (Å²) in [6.07, 6.45) is 4.63. The van der Waals surface area contributed by atoms with E-state index in [1.807, 2.05) is 38.1 Å². The average Bonchev–Trinajstić information content (AvgIpc) is 2.81. The van der Waals surface area contributed by atoms with Gasteiger partial charge in [0, 0.05) is 24.0 Å². The monoisotopic (exact) mass is 452 g/mol. The fourth-order valence-electron chi connectivity index (χ4n) is 3.27. The standard InChI is InChI=1S/C25H32N4O4/c1-18-12-8-10-14-20(18)24(32)28-26-22(30)16-6-4-3-5-7-17-23(31)27-29-25(33)21-15-11-9-13-19(21)2/h8-15H,3-7,16-17H2,1-2H3,(H,26,30)(H,27,31)(H,28,32)(H,29,33). The van der Waals surface area contributed by atoms with Gasteiger partial charge in [-0.1, -0.05) is 55.7 Å². The van der Waals surface area contributed by atoms with Gasteiger partial charge in [-0.05, 0) is 49.9 Å². The summed E-state index contributed by atoms with van der Waals surface area (Å²) in [5, 5.41) is 0. The molecule has 0 aliphatic carbocycles. The zero-order valence-corrected chi connectivity index (χ0v) is 19.2. The topological polar surface area (TPSA) is 116 Å². The molecule has 0 aromatic heterocycles. The number of unbranched alkanes of at least 4 members (excludes halogenated alkanes) is 4. The lowest BCUT2D eigenvalue weighted by Crippen LogP contribution is -2.41. The molecule has 0 saturated carbocycles. The van der Waals surface area contributed by atoms with Crippen molar-refractivity contribution in [2.75, 3.05) is 0 Å². The van der Waals surface area contributed by atoms with E-state index >= 15 is 0 Å². The van der Waals surface area contributed by atoms with Crippen molar-refractivity contribution in [1.82, 2.24) is 21.7 Å². The van der Waals surface area contributed by atoms with E-state index in [-0.39, 0.29) is 23.6 Å². The molecule has 4 N–H and O–H groups in total. The number of hydrogen-bond donors (Lipinski definition) is 4. The van der Waals surface area contributed by atoms with E-state index in [4.69, 9.17) is 0 Å². The minimum atomic E-state index is -0.338. The maximum Gasteiger partial charge on any atom is 0.269 e. The molecule has 8 heteroatoms. The lowest BCUT2D eigenvalue weighted by molar-refractivity contribution is -0.122. The highest BCUT2D eigenvalue weighted by Crippen LogP contribution is 2.09. The summed E-state index contributed by atoms with van der Waals surface area (Å²) in [7, 11) is 0. The zero-order valence-electron chi connectivity index (χ0n) is 19.2. The van der Waals surface area contributed by atoms with E-state index in [9.17, 15) is 19.2 Å². The molecule has 2 rings (SSSR count). The van der Waals surface area contributed by atoms with Crippen LogP contribution in [0.1, 0.15) is 76.8 Å². The molecule has 4 amide bonds. The third-order valence-corrected chi connectivity index (χ3v) is 5.22. The number of amides is 4. The Bertz CT molecular complexity index is 897. The zero-order chi connectivity index (χ0) is 24.1. The number of hydrazine groups is 2. The first-order valence-corrected chi connectivity index (χ1v) is 11.2. The summed E-state index contributed by atoms with van der Waals surface area (Å²) in [6.45, 7) is 3.67. The van der Waals surface area contributed by atoms with E-state index < -0.39 is 0 Å². The van der Waals surface area contributed by atoms with Crippen LogP contribution in [-0.4, -0.2) is 23.6 Å². The van der Waals surface area contributed by atoms with Gasteiger partial charge in [0.05, 0.1) is 0 Å². The number of carbonyl (C=O) groups excluding carboxylic acids is 4. The number of carbonyl (C=O) groups is 4. The van der Waals surface area contributed by atoms with Crippen LogP contribution >= 0.6 is 0 Å². The summed E-state index contributed by atoms with van der Waals surface area (Å²) in [6, 6.07) is 14.3. The second-order valence-corrected chi connectivity index (χ2v) is 7.90. The van der Waals surface area contributed by atoms with Crippen molar-refractivity contribution in [1.29, 1.82) is 0 Å². The van der Waals surface area contributed by atoms with Crippen molar-refractivity contribution in [3.8, 4) is 0 Å². The fraction of sp³-hybridized carbons (Fsp3) is 0.360. The van der Waals surface area contributed by atoms with Crippen molar-refractivity contribution in [3.63, 3.8) is 0 Å². The number of rotatable bonds is 10. The largest absolute Gasteiger partial charge is 0.273 e. The van der Waals surface area contributed by atoms with E-state index in [1.165, 1.54) is 0 Å². The number of nitrogens with one attached hydrogen (secondary N) is 4. The van der Waals surface area contributed by atoms with Crippen LogP contribution in [0.4, 0.5) is 0 Å². The highest BCUT2D eigenvalue weighted by Gasteiger charge is 2.10. The molecule has 0 spiro atoms. The molecule has 33 heavy (non-hydrogen) atoms. The molecule has 0 saturated heterocycles. The first-order valence-electron chi connectivity index (χ1n) is 11.2. The lowest BCUT2D eigenvalue weighted by atomic mass is 10.1. The number of aryl methyl sites for hydroxylation is 2. The van der Waals surface area contributed by atoms with Crippen LogP contribution in [0.3, 0.4) is 0 Å². The SMILES string of the molecule is Cc1ccccc1C(=O)NNC(=O)CCCCCCCC(=O)NNC(=O)c1ccccc1C. The summed E-state index contributed by atoms with van der Waals surface area (Å²) < 4.78 is 0. The van der Waals surface area contributed by atoms with Gasteiger partial charge in [0.2, 0.25) is 11.8 Å². The van der Waals surface area contributed by atoms with E-state index in [2.05, 4.69) is 21.7 Å². The Morgan fingerprint density at radius 3 is 1.30 bits per heavy atom. The maximum atomic E-state index is 12.1. The van der Waals surface area contributed by atoms with Crippen LogP contribution < -0.4 is 21.7 Å². The van der Waals surface area contributed by atoms with Gasteiger partial charge in [-0.25, -0.2) is 0 Å². The molecule has 176 valence electrons. The Kier molecular flexibility index (Phi) is 10.6. The van der Waals surface area contributed by atoms with Crippen molar-refractivity contribution < 1.29 is 19.2 Å². The first-order chi connectivity index (χ1) is 15.9. The number of benzene rings is 2. The summed E-state index contributed by atoms with van der Waals surface area (Å²) in [5.74, 6) is -1.15. The Morgan fingerprint density at radius 2 is 0.909 bits per heavy atom. The molecule has 0 atom stereocenters. The average molecular weight is 453 g/mol. The Hall–Kier alpha value is -3.68. The van der Waals surface area contributed by atoms with E-state index in [1.54, 1.807) is 24.3 Å².